The highest BCUT2D eigenvalue weighted by Gasteiger charge is 2.17. The molecule has 1 aliphatic carbocycles. The van der Waals surface area contributed by atoms with Crippen LogP contribution in [-0.2, 0) is 11.5 Å². The van der Waals surface area contributed by atoms with Crippen LogP contribution in [0.5, 0.6) is 0 Å². The molecular formula is C20H23NOS. The van der Waals surface area contributed by atoms with Crippen LogP contribution in [-0.4, -0.2) is 11.9 Å². The molecule has 1 saturated carbocycles. The zero-order valence-corrected chi connectivity index (χ0v) is 14.1. The Morgan fingerprint density at radius 3 is 2.17 bits per heavy atom. The molecule has 0 radical (unpaired) electrons. The summed E-state index contributed by atoms with van der Waals surface area (Å²) in [6, 6.07) is 18.9. The fourth-order valence-electron chi connectivity index (χ4n) is 2.95. The Morgan fingerprint density at radius 2 is 1.52 bits per heavy atom. The van der Waals surface area contributed by atoms with Gasteiger partial charge in [-0.05, 0) is 36.1 Å². The van der Waals surface area contributed by atoms with Crippen molar-refractivity contribution in [2.75, 3.05) is 0 Å². The summed E-state index contributed by atoms with van der Waals surface area (Å²) < 4.78 is 0. The minimum atomic E-state index is 0.0698. The quantitative estimate of drug-likeness (QED) is 0.827. The summed E-state index contributed by atoms with van der Waals surface area (Å²) >= 11 is 1.90. The fraction of sp³-hybridized carbons (Fsp3) is 0.350. The summed E-state index contributed by atoms with van der Waals surface area (Å²) in [5, 5.41) is 3.14. The van der Waals surface area contributed by atoms with Crippen molar-refractivity contribution in [2.24, 2.45) is 0 Å². The van der Waals surface area contributed by atoms with Crippen molar-refractivity contribution in [1.29, 1.82) is 0 Å². The molecule has 1 fully saturated rings. The monoisotopic (exact) mass is 325 g/mol. The van der Waals surface area contributed by atoms with Gasteiger partial charge in [0.05, 0.1) is 0 Å². The van der Waals surface area contributed by atoms with Gasteiger partial charge < -0.3 is 5.32 Å². The first-order valence-electron chi connectivity index (χ1n) is 8.33. The molecule has 0 spiro atoms. The van der Waals surface area contributed by atoms with Crippen LogP contribution in [0.25, 0.3) is 0 Å². The lowest BCUT2D eigenvalue weighted by molar-refractivity contribution is 0.0938. The SMILES string of the molecule is O=C(NC1CCCC1)c1ccc(CSCc2ccccc2)cc1. The third-order valence-corrected chi connectivity index (χ3v) is 5.36. The second kappa shape index (κ2) is 8.21. The summed E-state index contributed by atoms with van der Waals surface area (Å²) in [5.41, 5.74) is 3.39. The summed E-state index contributed by atoms with van der Waals surface area (Å²) in [4.78, 5) is 12.2. The van der Waals surface area contributed by atoms with Gasteiger partial charge in [0, 0.05) is 23.1 Å². The Morgan fingerprint density at radius 1 is 0.913 bits per heavy atom. The molecule has 0 heterocycles. The van der Waals surface area contributed by atoms with E-state index in [1.165, 1.54) is 24.0 Å². The van der Waals surface area contributed by atoms with Gasteiger partial charge in [0.1, 0.15) is 0 Å². The fourth-order valence-corrected chi connectivity index (χ4v) is 3.91. The number of carbonyl (C=O) groups is 1. The lowest BCUT2D eigenvalue weighted by Crippen LogP contribution is -2.32. The highest BCUT2D eigenvalue weighted by atomic mass is 32.2. The second-order valence-corrected chi connectivity index (χ2v) is 7.12. The maximum Gasteiger partial charge on any atom is 0.251 e. The molecule has 0 atom stereocenters. The number of benzene rings is 2. The molecule has 0 aromatic heterocycles. The molecule has 2 aromatic rings. The van der Waals surface area contributed by atoms with Crippen LogP contribution in [0.15, 0.2) is 54.6 Å². The number of hydrogen-bond acceptors (Lipinski definition) is 2. The predicted octanol–water partition coefficient (Wildman–Crippen LogP) is 4.79. The van der Waals surface area contributed by atoms with Crippen LogP contribution in [0.3, 0.4) is 0 Å². The van der Waals surface area contributed by atoms with Crippen LogP contribution < -0.4 is 5.32 Å². The molecule has 2 aromatic carbocycles. The topological polar surface area (TPSA) is 29.1 Å². The van der Waals surface area contributed by atoms with E-state index in [1.54, 1.807) is 0 Å². The van der Waals surface area contributed by atoms with Crippen LogP contribution in [0.4, 0.5) is 0 Å². The Labute approximate surface area is 142 Å². The molecule has 1 amide bonds. The molecule has 2 nitrogen and oxygen atoms in total. The first kappa shape index (κ1) is 16.1. The lowest BCUT2D eigenvalue weighted by Gasteiger charge is -2.12. The highest BCUT2D eigenvalue weighted by molar-refractivity contribution is 7.97. The Bertz CT molecular complexity index is 618. The Balaban J connectivity index is 1.47. The van der Waals surface area contributed by atoms with E-state index >= 15 is 0 Å². The maximum atomic E-state index is 12.2. The second-order valence-electron chi connectivity index (χ2n) is 6.13. The smallest absolute Gasteiger partial charge is 0.251 e. The average molecular weight is 325 g/mol. The molecule has 0 aliphatic heterocycles. The molecule has 120 valence electrons. The number of amides is 1. The molecular weight excluding hydrogens is 302 g/mol. The van der Waals surface area contributed by atoms with Crippen LogP contribution in [0.2, 0.25) is 0 Å². The normalized spacial score (nSPS) is 14.8. The van der Waals surface area contributed by atoms with E-state index in [1.807, 2.05) is 30.0 Å². The van der Waals surface area contributed by atoms with E-state index in [4.69, 9.17) is 0 Å². The summed E-state index contributed by atoms with van der Waals surface area (Å²) in [7, 11) is 0. The highest BCUT2D eigenvalue weighted by Crippen LogP contribution is 2.20. The van der Waals surface area contributed by atoms with E-state index in [9.17, 15) is 4.79 Å². The minimum absolute atomic E-state index is 0.0698. The maximum absolute atomic E-state index is 12.2. The van der Waals surface area contributed by atoms with Crippen LogP contribution in [0, 0.1) is 0 Å². The van der Waals surface area contributed by atoms with Gasteiger partial charge in [-0.25, -0.2) is 0 Å². The molecule has 3 heteroatoms. The standard InChI is InChI=1S/C20H23NOS/c22-20(21-19-8-4-5-9-19)18-12-10-17(11-13-18)15-23-14-16-6-2-1-3-7-16/h1-3,6-7,10-13,19H,4-5,8-9,14-15H2,(H,21,22). The zero-order chi connectivity index (χ0) is 15.9. The number of thioether (sulfide) groups is 1. The van der Waals surface area contributed by atoms with Gasteiger partial charge in [0.25, 0.3) is 5.91 Å². The number of hydrogen-bond donors (Lipinski definition) is 1. The van der Waals surface area contributed by atoms with Crippen molar-refractivity contribution in [3.63, 3.8) is 0 Å². The van der Waals surface area contributed by atoms with Crippen molar-refractivity contribution in [3.05, 3.63) is 71.3 Å². The van der Waals surface area contributed by atoms with Crippen LogP contribution >= 0.6 is 11.8 Å². The third-order valence-electron chi connectivity index (χ3n) is 4.29. The third kappa shape index (κ3) is 4.87. The van der Waals surface area contributed by atoms with Gasteiger partial charge in [-0.2, -0.15) is 11.8 Å². The zero-order valence-electron chi connectivity index (χ0n) is 13.3. The number of carbonyl (C=O) groups excluding carboxylic acids is 1. The molecule has 0 unspecified atom stereocenters. The average Bonchev–Trinajstić information content (AvgIpc) is 3.09. The van der Waals surface area contributed by atoms with Crippen molar-refractivity contribution < 1.29 is 4.79 Å². The lowest BCUT2D eigenvalue weighted by atomic mass is 10.1. The van der Waals surface area contributed by atoms with E-state index in [-0.39, 0.29) is 5.91 Å². The molecule has 3 rings (SSSR count). The van der Waals surface area contributed by atoms with Crippen molar-refractivity contribution in [1.82, 2.24) is 5.32 Å². The van der Waals surface area contributed by atoms with E-state index in [0.717, 1.165) is 29.9 Å². The van der Waals surface area contributed by atoms with Crippen LogP contribution in [0.1, 0.15) is 47.2 Å². The Hall–Kier alpha value is -1.74. The first-order valence-corrected chi connectivity index (χ1v) is 9.48. The van der Waals surface area contributed by atoms with E-state index < -0.39 is 0 Å². The molecule has 1 N–H and O–H groups in total. The summed E-state index contributed by atoms with van der Waals surface area (Å²) in [6.45, 7) is 0. The van der Waals surface area contributed by atoms with Gasteiger partial charge >= 0.3 is 0 Å². The Kier molecular flexibility index (Phi) is 5.76. The van der Waals surface area contributed by atoms with Gasteiger partial charge in [0.2, 0.25) is 0 Å². The predicted molar refractivity (Wildman–Crippen MR) is 97.6 cm³/mol. The molecule has 0 saturated heterocycles. The van der Waals surface area contributed by atoms with Gasteiger partial charge in [-0.1, -0.05) is 55.3 Å². The van der Waals surface area contributed by atoms with Crippen molar-refractivity contribution >= 4 is 17.7 Å². The van der Waals surface area contributed by atoms with E-state index in [2.05, 4.69) is 41.7 Å². The van der Waals surface area contributed by atoms with Gasteiger partial charge in [0.15, 0.2) is 0 Å². The minimum Gasteiger partial charge on any atom is -0.349 e. The summed E-state index contributed by atoms with van der Waals surface area (Å²) in [6.07, 6.45) is 4.73. The van der Waals surface area contributed by atoms with Gasteiger partial charge in [-0.3, -0.25) is 4.79 Å². The molecule has 0 bridgehead atoms. The van der Waals surface area contributed by atoms with Crippen molar-refractivity contribution in [2.45, 2.75) is 43.2 Å². The number of rotatable bonds is 6. The molecule has 1 aliphatic rings. The number of nitrogens with one attached hydrogen (secondary N) is 1. The first-order chi connectivity index (χ1) is 11.3. The van der Waals surface area contributed by atoms with Crippen molar-refractivity contribution in [3.8, 4) is 0 Å². The molecule has 23 heavy (non-hydrogen) atoms. The summed E-state index contributed by atoms with van der Waals surface area (Å²) in [5.74, 6) is 2.06. The van der Waals surface area contributed by atoms with E-state index in [0.29, 0.717) is 6.04 Å². The van der Waals surface area contributed by atoms with Gasteiger partial charge in [-0.15, -0.1) is 0 Å². The largest absolute Gasteiger partial charge is 0.349 e.